The van der Waals surface area contributed by atoms with Crippen molar-refractivity contribution in [1.82, 2.24) is 0 Å². The molecule has 0 saturated heterocycles. The maximum Gasteiger partial charge on any atom is 0.0650 e. The van der Waals surface area contributed by atoms with E-state index in [2.05, 4.69) is 13.8 Å². The van der Waals surface area contributed by atoms with Gasteiger partial charge in [0.1, 0.15) is 0 Å². The van der Waals surface area contributed by atoms with E-state index < -0.39 is 0 Å². The van der Waals surface area contributed by atoms with E-state index in [-0.39, 0.29) is 5.60 Å². The van der Waals surface area contributed by atoms with E-state index in [0.717, 1.165) is 25.2 Å². The Morgan fingerprint density at radius 1 is 1.13 bits per heavy atom. The van der Waals surface area contributed by atoms with E-state index in [0.29, 0.717) is 0 Å². The first-order valence-corrected chi connectivity index (χ1v) is 6.89. The van der Waals surface area contributed by atoms with Gasteiger partial charge in [-0.25, -0.2) is 0 Å². The van der Waals surface area contributed by atoms with Crippen LogP contribution in [0.1, 0.15) is 78.1 Å². The fourth-order valence-corrected chi connectivity index (χ4v) is 2.83. The Morgan fingerprint density at radius 3 is 2.40 bits per heavy atom. The molecule has 0 aliphatic heterocycles. The number of hydrogen-bond acceptors (Lipinski definition) is 1. The highest BCUT2D eigenvalue weighted by molar-refractivity contribution is 4.87. The normalized spacial score (nSPS) is 31.0. The van der Waals surface area contributed by atoms with Gasteiger partial charge in [0.05, 0.1) is 5.60 Å². The van der Waals surface area contributed by atoms with E-state index in [9.17, 15) is 5.11 Å². The predicted molar refractivity (Wildman–Crippen MR) is 66.0 cm³/mol. The second-order valence-corrected chi connectivity index (χ2v) is 5.59. The van der Waals surface area contributed by atoms with Crippen LogP contribution in [0, 0.1) is 5.92 Å². The Bertz CT molecular complexity index is 167. The highest BCUT2D eigenvalue weighted by atomic mass is 16.3. The monoisotopic (exact) mass is 212 g/mol. The third kappa shape index (κ3) is 5.01. The predicted octanol–water partition coefficient (Wildman–Crippen LogP) is 4.29. The summed E-state index contributed by atoms with van der Waals surface area (Å²) in [7, 11) is 0. The summed E-state index contributed by atoms with van der Waals surface area (Å²) in [5.74, 6) is 0.745. The molecule has 0 heterocycles. The molecule has 0 aromatic heterocycles. The van der Waals surface area contributed by atoms with Gasteiger partial charge in [0, 0.05) is 0 Å². The zero-order chi connectivity index (χ0) is 11.1. The zero-order valence-corrected chi connectivity index (χ0v) is 10.6. The van der Waals surface area contributed by atoms with Crippen molar-refractivity contribution in [2.45, 2.75) is 83.7 Å². The summed E-state index contributed by atoms with van der Waals surface area (Å²) in [5.41, 5.74) is -0.288. The average molecular weight is 212 g/mol. The van der Waals surface area contributed by atoms with Gasteiger partial charge in [0.25, 0.3) is 0 Å². The van der Waals surface area contributed by atoms with Crippen molar-refractivity contribution in [2.75, 3.05) is 0 Å². The van der Waals surface area contributed by atoms with Gasteiger partial charge in [0.15, 0.2) is 0 Å². The van der Waals surface area contributed by atoms with Crippen molar-refractivity contribution in [3.05, 3.63) is 0 Å². The number of unbranched alkanes of at least 4 members (excludes halogenated alkanes) is 5. The zero-order valence-electron chi connectivity index (χ0n) is 10.6. The van der Waals surface area contributed by atoms with Crippen LogP contribution in [0.4, 0.5) is 0 Å². The second kappa shape index (κ2) is 6.52. The lowest BCUT2D eigenvalue weighted by Crippen LogP contribution is -2.24. The van der Waals surface area contributed by atoms with Gasteiger partial charge in [-0.1, -0.05) is 52.4 Å². The standard InChI is InChI=1S/C14H28O/c1-3-4-5-6-7-8-10-14(15)11-9-13(2)12-14/h13,15H,3-12H2,1-2H3. The van der Waals surface area contributed by atoms with E-state index >= 15 is 0 Å². The number of hydrogen-bond donors (Lipinski definition) is 1. The van der Waals surface area contributed by atoms with Gasteiger partial charge in [0.2, 0.25) is 0 Å². The minimum atomic E-state index is -0.288. The molecule has 2 atom stereocenters. The first-order valence-electron chi connectivity index (χ1n) is 6.89. The lowest BCUT2D eigenvalue weighted by molar-refractivity contribution is 0.0327. The number of rotatable bonds is 7. The summed E-state index contributed by atoms with van der Waals surface area (Å²) in [6.45, 7) is 4.52. The molecule has 0 radical (unpaired) electrons. The van der Waals surface area contributed by atoms with E-state index in [1.54, 1.807) is 0 Å². The van der Waals surface area contributed by atoms with Gasteiger partial charge in [-0.05, 0) is 31.6 Å². The van der Waals surface area contributed by atoms with Crippen LogP contribution in [0.3, 0.4) is 0 Å². The second-order valence-electron chi connectivity index (χ2n) is 5.59. The van der Waals surface area contributed by atoms with Gasteiger partial charge in [-0.3, -0.25) is 0 Å². The first-order chi connectivity index (χ1) is 7.16. The molecule has 90 valence electrons. The minimum Gasteiger partial charge on any atom is -0.390 e. The Labute approximate surface area is 95.3 Å². The molecule has 1 nitrogen and oxygen atoms in total. The molecule has 1 heteroatoms. The molecule has 2 unspecified atom stereocenters. The van der Waals surface area contributed by atoms with Gasteiger partial charge < -0.3 is 5.11 Å². The molecule has 0 aromatic rings. The summed E-state index contributed by atoms with van der Waals surface area (Å²) in [6, 6.07) is 0. The van der Waals surface area contributed by atoms with Crippen molar-refractivity contribution in [1.29, 1.82) is 0 Å². The fourth-order valence-electron chi connectivity index (χ4n) is 2.83. The molecule has 0 bridgehead atoms. The van der Waals surface area contributed by atoms with Crippen LogP contribution < -0.4 is 0 Å². The third-order valence-corrected chi connectivity index (χ3v) is 3.83. The first kappa shape index (κ1) is 13.0. The Morgan fingerprint density at radius 2 is 1.80 bits per heavy atom. The van der Waals surface area contributed by atoms with Crippen LogP contribution in [-0.2, 0) is 0 Å². The average Bonchev–Trinajstić information content (AvgIpc) is 2.53. The molecule has 15 heavy (non-hydrogen) atoms. The maximum absolute atomic E-state index is 10.3. The van der Waals surface area contributed by atoms with Crippen LogP contribution in [-0.4, -0.2) is 10.7 Å². The van der Waals surface area contributed by atoms with E-state index in [4.69, 9.17) is 0 Å². The Hall–Kier alpha value is -0.0400. The summed E-state index contributed by atoms with van der Waals surface area (Å²) in [5, 5.41) is 10.3. The summed E-state index contributed by atoms with van der Waals surface area (Å²) >= 11 is 0. The van der Waals surface area contributed by atoms with E-state index in [1.165, 1.54) is 44.9 Å². The van der Waals surface area contributed by atoms with Crippen molar-refractivity contribution in [2.24, 2.45) is 5.92 Å². The molecule has 0 spiro atoms. The van der Waals surface area contributed by atoms with Crippen LogP contribution in [0.25, 0.3) is 0 Å². The van der Waals surface area contributed by atoms with Gasteiger partial charge in [-0.2, -0.15) is 0 Å². The smallest absolute Gasteiger partial charge is 0.0650 e. The maximum atomic E-state index is 10.3. The topological polar surface area (TPSA) is 20.2 Å². The van der Waals surface area contributed by atoms with Gasteiger partial charge in [-0.15, -0.1) is 0 Å². The molecular formula is C14H28O. The summed E-state index contributed by atoms with van der Waals surface area (Å²) in [4.78, 5) is 0. The highest BCUT2D eigenvalue weighted by Gasteiger charge is 2.34. The molecule has 1 aliphatic rings. The summed E-state index contributed by atoms with van der Waals surface area (Å²) in [6.07, 6.45) is 12.3. The van der Waals surface area contributed by atoms with Crippen LogP contribution in [0.15, 0.2) is 0 Å². The SMILES string of the molecule is CCCCCCCCC1(O)CCC(C)C1. The Kier molecular flexibility index (Phi) is 5.66. The molecular weight excluding hydrogens is 184 g/mol. The largest absolute Gasteiger partial charge is 0.390 e. The molecule has 0 amide bonds. The molecule has 1 saturated carbocycles. The van der Waals surface area contributed by atoms with Gasteiger partial charge >= 0.3 is 0 Å². The molecule has 1 rings (SSSR count). The molecule has 1 N–H and O–H groups in total. The third-order valence-electron chi connectivity index (χ3n) is 3.83. The minimum absolute atomic E-state index is 0.288. The van der Waals surface area contributed by atoms with Crippen molar-refractivity contribution < 1.29 is 5.11 Å². The fraction of sp³-hybridized carbons (Fsp3) is 1.00. The quantitative estimate of drug-likeness (QED) is 0.624. The lowest BCUT2D eigenvalue weighted by atomic mass is 9.93. The van der Waals surface area contributed by atoms with Crippen molar-refractivity contribution >= 4 is 0 Å². The van der Waals surface area contributed by atoms with Crippen LogP contribution >= 0.6 is 0 Å². The molecule has 1 aliphatic carbocycles. The molecule has 1 fully saturated rings. The summed E-state index contributed by atoms with van der Waals surface area (Å²) < 4.78 is 0. The Balaban J connectivity index is 2.00. The lowest BCUT2D eigenvalue weighted by Gasteiger charge is -2.22. The number of aliphatic hydroxyl groups is 1. The molecule has 0 aromatic carbocycles. The van der Waals surface area contributed by atoms with Crippen LogP contribution in [0.5, 0.6) is 0 Å². The van der Waals surface area contributed by atoms with Crippen LogP contribution in [0.2, 0.25) is 0 Å². The van der Waals surface area contributed by atoms with Crippen molar-refractivity contribution in [3.63, 3.8) is 0 Å². The highest BCUT2D eigenvalue weighted by Crippen LogP contribution is 2.37. The van der Waals surface area contributed by atoms with E-state index in [1.807, 2.05) is 0 Å². The van der Waals surface area contributed by atoms with Crippen molar-refractivity contribution in [3.8, 4) is 0 Å².